The van der Waals surface area contributed by atoms with Crippen molar-refractivity contribution >= 4 is 28.6 Å². The van der Waals surface area contributed by atoms with Crippen LogP contribution in [0.3, 0.4) is 0 Å². The fourth-order valence-electron chi connectivity index (χ4n) is 1.42. The van der Waals surface area contributed by atoms with Crippen molar-refractivity contribution in [1.82, 2.24) is 4.98 Å². The molecule has 0 saturated carbocycles. The van der Waals surface area contributed by atoms with Gasteiger partial charge >= 0.3 is 0 Å². The summed E-state index contributed by atoms with van der Waals surface area (Å²) in [5, 5.41) is 1.81. The number of hydrogen-bond acceptors (Lipinski definition) is 1. The minimum absolute atomic E-state index is 0.559. The molecule has 0 fully saturated rings. The van der Waals surface area contributed by atoms with Crippen LogP contribution in [0.2, 0.25) is 5.02 Å². The van der Waals surface area contributed by atoms with Crippen molar-refractivity contribution in [2.75, 3.05) is 6.54 Å². The first-order valence-corrected chi connectivity index (χ1v) is 4.82. The van der Waals surface area contributed by atoms with Crippen molar-refractivity contribution in [3.63, 3.8) is 0 Å². The van der Waals surface area contributed by atoms with E-state index >= 15 is 0 Å². The normalized spacial score (nSPS) is 11.6. The fraction of sp³-hybridized carbons (Fsp3) is 0.0909. The maximum atomic E-state index is 5.96. The third-order valence-corrected chi connectivity index (χ3v) is 2.41. The Morgan fingerprint density at radius 1 is 1.43 bits per heavy atom. The van der Waals surface area contributed by atoms with Crippen LogP contribution in [0.15, 0.2) is 30.5 Å². The molecule has 0 bridgehead atoms. The van der Waals surface area contributed by atoms with Gasteiger partial charge in [0.15, 0.2) is 0 Å². The molecule has 0 spiro atoms. The molecule has 0 aliphatic heterocycles. The van der Waals surface area contributed by atoms with Gasteiger partial charge in [0, 0.05) is 23.6 Å². The molecule has 0 saturated heterocycles. The maximum Gasteiger partial charge on any atom is 0.0659 e. The molecule has 14 heavy (non-hydrogen) atoms. The van der Waals surface area contributed by atoms with Gasteiger partial charge < -0.3 is 10.7 Å². The van der Waals surface area contributed by atoms with Crippen LogP contribution in [0.1, 0.15) is 5.56 Å². The number of nitrogens with two attached hydrogens (primary N) is 1. The first-order valence-electron chi connectivity index (χ1n) is 4.44. The summed E-state index contributed by atoms with van der Waals surface area (Å²) in [6.45, 7) is 0.559. The van der Waals surface area contributed by atoms with Gasteiger partial charge in [0.25, 0.3) is 0 Å². The highest BCUT2D eigenvalue weighted by Crippen LogP contribution is 2.23. The van der Waals surface area contributed by atoms with E-state index < -0.39 is 0 Å². The Morgan fingerprint density at radius 2 is 2.29 bits per heavy atom. The van der Waals surface area contributed by atoms with Crippen LogP contribution in [0.25, 0.3) is 17.0 Å². The summed E-state index contributed by atoms with van der Waals surface area (Å²) in [6.07, 6.45) is 5.71. The predicted molar refractivity (Wildman–Crippen MR) is 61.4 cm³/mol. The Morgan fingerprint density at radius 3 is 3.07 bits per heavy atom. The van der Waals surface area contributed by atoms with Crippen LogP contribution in [0.4, 0.5) is 0 Å². The van der Waals surface area contributed by atoms with Crippen molar-refractivity contribution < 1.29 is 0 Å². The lowest BCUT2D eigenvalue weighted by atomic mass is 10.1. The monoisotopic (exact) mass is 206 g/mol. The molecule has 2 rings (SSSR count). The standard InChI is InChI=1S/C11H11ClN2/c12-10-7-14-11-6-8(2-1-5-13)3-4-9(10)11/h1-4,6-7,14H,5,13H2/b2-1+. The zero-order valence-electron chi connectivity index (χ0n) is 7.63. The highest BCUT2D eigenvalue weighted by atomic mass is 35.5. The van der Waals surface area contributed by atoms with Crippen LogP contribution >= 0.6 is 11.6 Å². The van der Waals surface area contributed by atoms with Crippen molar-refractivity contribution in [1.29, 1.82) is 0 Å². The molecule has 2 nitrogen and oxygen atoms in total. The van der Waals surface area contributed by atoms with E-state index in [2.05, 4.69) is 4.98 Å². The van der Waals surface area contributed by atoms with Gasteiger partial charge in [-0.15, -0.1) is 0 Å². The van der Waals surface area contributed by atoms with Crippen LogP contribution in [0.5, 0.6) is 0 Å². The van der Waals surface area contributed by atoms with Gasteiger partial charge in [-0.05, 0) is 11.6 Å². The van der Waals surface area contributed by atoms with Crippen molar-refractivity contribution in [3.05, 3.63) is 41.1 Å². The average Bonchev–Trinajstić information content (AvgIpc) is 2.57. The molecule has 0 aliphatic rings. The molecule has 0 unspecified atom stereocenters. The largest absolute Gasteiger partial charge is 0.360 e. The second-order valence-corrected chi connectivity index (χ2v) is 3.49. The Labute approximate surface area is 87.4 Å². The summed E-state index contributed by atoms with van der Waals surface area (Å²) >= 11 is 5.96. The molecular formula is C11H11ClN2. The summed E-state index contributed by atoms with van der Waals surface area (Å²) in [7, 11) is 0. The number of aromatic amines is 1. The SMILES string of the molecule is NC/C=C/c1ccc2c(Cl)c[nH]c2c1. The molecule has 72 valence electrons. The van der Waals surface area contributed by atoms with Gasteiger partial charge in [-0.3, -0.25) is 0 Å². The van der Waals surface area contributed by atoms with Crippen LogP contribution in [0, 0.1) is 0 Å². The smallest absolute Gasteiger partial charge is 0.0659 e. The first-order chi connectivity index (χ1) is 6.81. The minimum Gasteiger partial charge on any atom is -0.360 e. The van der Waals surface area contributed by atoms with Gasteiger partial charge in [-0.1, -0.05) is 35.9 Å². The number of rotatable bonds is 2. The van der Waals surface area contributed by atoms with Gasteiger partial charge in [0.1, 0.15) is 0 Å². The number of halogens is 1. The summed E-state index contributed by atoms with van der Waals surface area (Å²) in [6, 6.07) is 6.08. The van der Waals surface area contributed by atoms with Gasteiger partial charge in [-0.2, -0.15) is 0 Å². The molecule has 3 N–H and O–H groups in total. The second-order valence-electron chi connectivity index (χ2n) is 3.08. The number of hydrogen-bond donors (Lipinski definition) is 2. The Kier molecular flexibility index (Phi) is 2.57. The third-order valence-electron chi connectivity index (χ3n) is 2.10. The second kappa shape index (κ2) is 3.86. The molecule has 0 aliphatic carbocycles. The van der Waals surface area contributed by atoms with Crippen LogP contribution in [-0.2, 0) is 0 Å². The van der Waals surface area contributed by atoms with E-state index in [0.717, 1.165) is 21.5 Å². The van der Waals surface area contributed by atoms with Crippen molar-refractivity contribution in [2.24, 2.45) is 5.73 Å². The summed E-state index contributed by atoms with van der Waals surface area (Å²) in [5.74, 6) is 0. The number of fused-ring (bicyclic) bond motifs is 1. The van der Waals surface area contributed by atoms with Gasteiger partial charge in [0.05, 0.1) is 5.02 Å². The topological polar surface area (TPSA) is 41.8 Å². The number of aromatic nitrogens is 1. The first kappa shape index (κ1) is 9.31. The predicted octanol–water partition coefficient (Wildman–Crippen LogP) is 2.79. The fourth-order valence-corrected chi connectivity index (χ4v) is 1.64. The van der Waals surface area contributed by atoms with Crippen LogP contribution < -0.4 is 5.73 Å². The zero-order valence-corrected chi connectivity index (χ0v) is 8.38. The van der Waals surface area contributed by atoms with Gasteiger partial charge in [-0.25, -0.2) is 0 Å². The molecule has 0 amide bonds. The van der Waals surface area contributed by atoms with E-state index in [9.17, 15) is 0 Å². The minimum atomic E-state index is 0.559. The lowest BCUT2D eigenvalue weighted by Crippen LogP contribution is -1.91. The number of H-pyrrole nitrogens is 1. The molecule has 1 aromatic heterocycles. The molecule has 0 atom stereocenters. The lowest BCUT2D eigenvalue weighted by molar-refractivity contribution is 1.26. The molecule has 1 aromatic carbocycles. The molecular weight excluding hydrogens is 196 g/mol. The highest BCUT2D eigenvalue weighted by molar-refractivity contribution is 6.35. The van der Waals surface area contributed by atoms with Crippen molar-refractivity contribution in [3.8, 4) is 0 Å². The van der Waals surface area contributed by atoms with E-state index in [0.29, 0.717) is 6.54 Å². The molecule has 0 radical (unpaired) electrons. The van der Waals surface area contributed by atoms with E-state index in [-0.39, 0.29) is 0 Å². The van der Waals surface area contributed by atoms with Crippen molar-refractivity contribution in [2.45, 2.75) is 0 Å². The molecule has 2 aromatic rings. The van der Waals surface area contributed by atoms with E-state index in [1.165, 1.54) is 0 Å². The van der Waals surface area contributed by atoms with Gasteiger partial charge in [0.2, 0.25) is 0 Å². The number of benzene rings is 1. The summed E-state index contributed by atoms with van der Waals surface area (Å²) in [5.41, 5.74) is 7.55. The summed E-state index contributed by atoms with van der Waals surface area (Å²) in [4.78, 5) is 3.11. The quantitative estimate of drug-likeness (QED) is 0.780. The number of nitrogens with one attached hydrogen (secondary N) is 1. The van der Waals surface area contributed by atoms with E-state index in [4.69, 9.17) is 17.3 Å². The Bertz CT molecular complexity index is 471. The molecule has 3 heteroatoms. The summed E-state index contributed by atoms with van der Waals surface area (Å²) < 4.78 is 0. The third kappa shape index (κ3) is 1.67. The Balaban J connectivity index is 2.47. The molecule has 1 heterocycles. The Hall–Kier alpha value is -1.25. The lowest BCUT2D eigenvalue weighted by Gasteiger charge is -1.94. The van der Waals surface area contributed by atoms with Crippen LogP contribution in [-0.4, -0.2) is 11.5 Å². The zero-order chi connectivity index (χ0) is 9.97. The average molecular weight is 207 g/mol. The van der Waals surface area contributed by atoms with E-state index in [1.807, 2.05) is 30.4 Å². The highest BCUT2D eigenvalue weighted by Gasteiger charge is 1.99. The maximum absolute atomic E-state index is 5.96. The van der Waals surface area contributed by atoms with E-state index in [1.54, 1.807) is 6.20 Å².